The first kappa shape index (κ1) is 16.2. The molecule has 1 aliphatic rings. The fourth-order valence-electron chi connectivity index (χ4n) is 3.33. The molecule has 1 aliphatic carbocycles. The number of nitrogens with one attached hydrogen (secondary N) is 1. The number of H-pyrrole nitrogens is 1. The maximum Gasteiger partial charge on any atom is 0.267 e. The molecule has 0 bridgehead atoms. The van der Waals surface area contributed by atoms with Crippen molar-refractivity contribution in [1.82, 2.24) is 9.55 Å². The number of aliphatic imine (C=N–C) groups is 1. The lowest BCUT2D eigenvalue weighted by atomic mass is 9.97. The van der Waals surface area contributed by atoms with Crippen molar-refractivity contribution in [2.24, 2.45) is 4.99 Å². The number of aromatic amines is 1. The van der Waals surface area contributed by atoms with Crippen molar-refractivity contribution in [3.63, 3.8) is 0 Å². The minimum atomic E-state index is -0.256. The van der Waals surface area contributed by atoms with Gasteiger partial charge in [-0.05, 0) is 80.6 Å². The van der Waals surface area contributed by atoms with Gasteiger partial charge in [0.15, 0.2) is 4.77 Å². The van der Waals surface area contributed by atoms with Gasteiger partial charge < -0.3 is 10.1 Å². The van der Waals surface area contributed by atoms with Gasteiger partial charge in [0.05, 0.1) is 16.8 Å². The van der Waals surface area contributed by atoms with Crippen LogP contribution in [0.2, 0.25) is 0 Å². The number of benzene rings is 1. The molecule has 0 saturated carbocycles. The third-order valence-electron chi connectivity index (χ3n) is 4.41. The van der Waals surface area contributed by atoms with Crippen LogP contribution in [0, 0.1) is 4.77 Å². The molecule has 2 heterocycles. The zero-order chi connectivity index (χ0) is 17.6. The van der Waals surface area contributed by atoms with Crippen LogP contribution >= 0.6 is 23.6 Å². The molecule has 0 radical (unpaired) electrons. The zero-order valence-corrected chi connectivity index (χ0v) is 15.3. The maximum atomic E-state index is 13.2. The molecule has 7 heteroatoms. The van der Waals surface area contributed by atoms with Crippen molar-refractivity contribution >= 4 is 45.4 Å². The van der Waals surface area contributed by atoms with Crippen LogP contribution in [-0.4, -0.2) is 15.4 Å². The van der Waals surface area contributed by atoms with Gasteiger partial charge in [-0.1, -0.05) is 0 Å². The van der Waals surface area contributed by atoms with E-state index in [0.717, 1.165) is 29.5 Å². The third-order valence-corrected chi connectivity index (χ3v) is 5.90. The van der Waals surface area contributed by atoms with Gasteiger partial charge in [0, 0.05) is 4.88 Å². The van der Waals surface area contributed by atoms with Crippen LogP contribution in [0.4, 0.5) is 5.69 Å². The molecule has 3 aromatic rings. The van der Waals surface area contributed by atoms with Crippen molar-refractivity contribution in [2.45, 2.75) is 32.6 Å². The predicted molar refractivity (Wildman–Crippen MR) is 102 cm³/mol. The highest BCUT2D eigenvalue weighted by Gasteiger charge is 2.20. The number of thiophene rings is 1. The minimum Gasteiger partial charge on any atom is -0.862 e. The molecule has 0 saturated heterocycles. The Morgan fingerprint density at radius 1 is 1.28 bits per heavy atom. The van der Waals surface area contributed by atoms with E-state index in [1.807, 2.05) is 0 Å². The molecule has 128 valence electrons. The Hall–Kier alpha value is -2.25. The monoisotopic (exact) mass is 370 g/mol. The fraction of sp³-hybridized carbons (Fsp3) is 0.278. The molecule has 0 aliphatic heterocycles. The van der Waals surface area contributed by atoms with E-state index < -0.39 is 0 Å². The number of hydrogen-bond donors (Lipinski definition) is 1. The van der Waals surface area contributed by atoms with Gasteiger partial charge >= 0.3 is 0 Å². The lowest BCUT2D eigenvalue weighted by Gasteiger charge is -2.11. The highest BCUT2D eigenvalue weighted by atomic mass is 32.1. The van der Waals surface area contributed by atoms with Crippen molar-refractivity contribution in [3.05, 3.63) is 49.8 Å². The van der Waals surface area contributed by atoms with Crippen molar-refractivity contribution < 1.29 is 5.11 Å². The van der Waals surface area contributed by atoms with Crippen LogP contribution in [0.25, 0.3) is 15.9 Å². The molecule has 25 heavy (non-hydrogen) atoms. The van der Waals surface area contributed by atoms with Crippen LogP contribution in [-0.2, 0) is 12.8 Å². The Kier molecular flexibility index (Phi) is 4.05. The second-order valence-electron chi connectivity index (χ2n) is 6.13. The summed E-state index contributed by atoms with van der Waals surface area (Å²) in [6, 6.07) is 6.95. The van der Waals surface area contributed by atoms with Crippen molar-refractivity contribution in [3.8, 4) is 5.69 Å². The summed E-state index contributed by atoms with van der Waals surface area (Å²) in [6.07, 6.45) is 4.28. The quantitative estimate of drug-likeness (QED) is 0.427. The predicted octanol–water partition coefficient (Wildman–Crippen LogP) is 3.40. The van der Waals surface area contributed by atoms with E-state index in [9.17, 15) is 9.90 Å². The third kappa shape index (κ3) is 2.83. The Bertz CT molecular complexity index is 1100. The Balaban J connectivity index is 1.91. The summed E-state index contributed by atoms with van der Waals surface area (Å²) in [5.41, 5.74) is 2.34. The lowest BCUT2D eigenvalue weighted by Crippen LogP contribution is -2.21. The summed E-state index contributed by atoms with van der Waals surface area (Å²) >= 11 is 7.08. The summed E-state index contributed by atoms with van der Waals surface area (Å²) in [5.74, 6) is -0.256. The number of hydrogen-bond acceptors (Lipinski definition) is 5. The number of nitrogens with zero attached hydrogens (tertiary/aromatic N) is 2. The first-order chi connectivity index (χ1) is 12.0. The fourth-order valence-corrected chi connectivity index (χ4v) is 4.97. The van der Waals surface area contributed by atoms with E-state index in [-0.39, 0.29) is 11.5 Å². The summed E-state index contributed by atoms with van der Waals surface area (Å²) in [4.78, 5) is 22.4. The van der Waals surface area contributed by atoms with Crippen LogP contribution in [0.1, 0.15) is 30.2 Å². The molecule has 0 amide bonds. The molecule has 0 spiro atoms. The number of aromatic nitrogens is 2. The standard InChI is InChI=1S/C18H17N3O2S2/c1-10(22)19-11-6-8-12(9-7-11)21-17(23)15-13-4-2-3-5-14(13)25-16(15)20-18(21)24/h6-9H,2-5H2,1H3,(H,19,22)(H,20,24)/p-1. The van der Waals surface area contributed by atoms with Gasteiger partial charge in [-0.2, -0.15) is 0 Å². The second kappa shape index (κ2) is 6.24. The number of rotatable bonds is 2. The SMILES string of the molecule is CC([O-])=Nc1ccc(-n2c(=S)[nH]c3sc4c(c3c2=O)CCCC4)cc1. The van der Waals surface area contributed by atoms with Gasteiger partial charge in [0.2, 0.25) is 0 Å². The van der Waals surface area contributed by atoms with Gasteiger partial charge in [-0.15, -0.1) is 11.3 Å². The first-order valence-electron chi connectivity index (χ1n) is 8.17. The average molecular weight is 370 g/mol. The van der Waals surface area contributed by atoms with E-state index in [1.165, 1.54) is 28.4 Å². The van der Waals surface area contributed by atoms with Crippen LogP contribution in [0.3, 0.4) is 0 Å². The normalized spacial score (nSPS) is 14.7. The number of fused-ring (bicyclic) bond motifs is 3. The summed E-state index contributed by atoms with van der Waals surface area (Å²) in [5, 5.41) is 11.9. The average Bonchev–Trinajstić information content (AvgIpc) is 2.94. The molecule has 1 aromatic carbocycles. The molecule has 0 unspecified atom stereocenters. The van der Waals surface area contributed by atoms with Gasteiger partial charge in [-0.25, -0.2) is 0 Å². The Labute approximate surface area is 153 Å². The van der Waals surface area contributed by atoms with Crippen LogP contribution < -0.4 is 10.7 Å². The van der Waals surface area contributed by atoms with Crippen molar-refractivity contribution in [1.29, 1.82) is 0 Å². The van der Waals surface area contributed by atoms with E-state index in [2.05, 4.69) is 9.98 Å². The van der Waals surface area contributed by atoms with E-state index in [4.69, 9.17) is 12.2 Å². The highest BCUT2D eigenvalue weighted by Crippen LogP contribution is 2.33. The molecular weight excluding hydrogens is 354 g/mol. The topological polar surface area (TPSA) is 73.2 Å². The summed E-state index contributed by atoms with van der Waals surface area (Å²) < 4.78 is 1.91. The Morgan fingerprint density at radius 2 is 2.00 bits per heavy atom. The molecule has 0 fully saturated rings. The van der Waals surface area contributed by atoms with E-state index >= 15 is 0 Å². The minimum absolute atomic E-state index is 0.0746. The van der Waals surface area contributed by atoms with Crippen LogP contribution in [0.15, 0.2) is 34.1 Å². The Morgan fingerprint density at radius 3 is 2.72 bits per heavy atom. The molecule has 0 atom stereocenters. The van der Waals surface area contributed by atoms with Crippen LogP contribution in [0.5, 0.6) is 0 Å². The van der Waals surface area contributed by atoms with Gasteiger partial charge in [0.1, 0.15) is 4.83 Å². The smallest absolute Gasteiger partial charge is 0.267 e. The van der Waals surface area contributed by atoms with Gasteiger partial charge in [0.25, 0.3) is 5.56 Å². The first-order valence-corrected chi connectivity index (χ1v) is 9.39. The molecule has 5 nitrogen and oxygen atoms in total. The second-order valence-corrected chi connectivity index (χ2v) is 7.62. The maximum absolute atomic E-state index is 13.2. The molecule has 2 aromatic heterocycles. The number of aryl methyl sites for hydroxylation is 2. The molecule has 1 N–H and O–H groups in total. The largest absolute Gasteiger partial charge is 0.862 e. The summed E-state index contributed by atoms with van der Waals surface area (Å²) in [6.45, 7) is 1.41. The van der Waals surface area contributed by atoms with Gasteiger partial charge in [-0.3, -0.25) is 14.4 Å². The lowest BCUT2D eigenvalue weighted by molar-refractivity contribution is -0.215. The molecule has 4 rings (SSSR count). The van der Waals surface area contributed by atoms with Crippen molar-refractivity contribution in [2.75, 3.05) is 0 Å². The van der Waals surface area contributed by atoms with E-state index in [0.29, 0.717) is 16.1 Å². The highest BCUT2D eigenvalue weighted by molar-refractivity contribution is 7.71. The molecular formula is C18H16N3O2S2-. The summed E-state index contributed by atoms with van der Waals surface area (Å²) in [7, 11) is 0. The zero-order valence-electron chi connectivity index (χ0n) is 13.7. The van der Waals surface area contributed by atoms with E-state index in [1.54, 1.807) is 35.6 Å².